The van der Waals surface area contributed by atoms with Gasteiger partial charge in [0, 0.05) is 5.69 Å². The molecule has 1 nitrogen and oxygen atoms in total. The lowest BCUT2D eigenvalue weighted by atomic mass is 9.78. The fourth-order valence-corrected chi connectivity index (χ4v) is 2.52. The molecule has 1 saturated carbocycles. The Labute approximate surface area is 98.8 Å². The molecule has 0 unspecified atom stereocenters. The Kier molecular flexibility index (Phi) is 3.31. The van der Waals surface area contributed by atoms with E-state index in [-0.39, 0.29) is 18.8 Å². The maximum absolute atomic E-state index is 12.5. The Morgan fingerprint density at radius 3 is 1.94 bits per heavy atom. The zero-order valence-electron chi connectivity index (χ0n) is 9.50. The van der Waals surface area contributed by atoms with Crippen LogP contribution in [-0.2, 0) is 0 Å². The van der Waals surface area contributed by atoms with E-state index in [1.807, 2.05) is 24.3 Å². The lowest BCUT2D eigenvalue weighted by molar-refractivity contribution is -0.182. The lowest BCUT2D eigenvalue weighted by Gasteiger charge is -2.30. The number of hydrogen-bond acceptors (Lipinski definition) is 1. The Hall–Kier alpha value is -1.19. The predicted octanol–water partition coefficient (Wildman–Crippen LogP) is 4.10. The van der Waals surface area contributed by atoms with Gasteiger partial charge in [-0.15, -0.1) is 0 Å². The van der Waals surface area contributed by atoms with Crippen LogP contribution in [0.1, 0.15) is 37.2 Å². The van der Waals surface area contributed by atoms with Crippen molar-refractivity contribution in [1.29, 1.82) is 0 Å². The summed E-state index contributed by atoms with van der Waals surface area (Å²) in [5.41, 5.74) is 7.39. The highest BCUT2D eigenvalue weighted by Crippen LogP contribution is 2.42. The molecule has 0 radical (unpaired) electrons. The Balaban J connectivity index is 1.97. The third-order valence-corrected chi connectivity index (χ3v) is 3.60. The first-order valence-electron chi connectivity index (χ1n) is 5.89. The van der Waals surface area contributed by atoms with Crippen molar-refractivity contribution in [3.63, 3.8) is 0 Å². The summed E-state index contributed by atoms with van der Waals surface area (Å²) in [5, 5.41) is 0. The van der Waals surface area contributed by atoms with Crippen LogP contribution in [0.3, 0.4) is 0 Å². The summed E-state index contributed by atoms with van der Waals surface area (Å²) < 4.78 is 37.5. The van der Waals surface area contributed by atoms with Crippen LogP contribution in [0, 0.1) is 5.92 Å². The van der Waals surface area contributed by atoms with Crippen molar-refractivity contribution in [3.05, 3.63) is 29.8 Å². The van der Waals surface area contributed by atoms with Crippen LogP contribution in [0.25, 0.3) is 0 Å². The normalized spacial score (nSPS) is 25.8. The SMILES string of the molecule is Nc1ccc(C2CCC(C(F)(F)F)CC2)cc1. The van der Waals surface area contributed by atoms with E-state index in [0.717, 1.165) is 5.56 Å². The van der Waals surface area contributed by atoms with Crippen LogP contribution in [0.15, 0.2) is 24.3 Å². The minimum absolute atomic E-state index is 0.249. The smallest absolute Gasteiger partial charge is 0.391 e. The second kappa shape index (κ2) is 4.59. The van der Waals surface area contributed by atoms with Crippen molar-refractivity contribution in [2.75, 3.05) is 5.73 Å². The molecule has 2 N–H and O–H groups in total. The van der Waals surface area contributed by atoms with Gasteiger partial charge in [0.05, 0.1) is 5.92 Å². The molecule has 0 spiro atoms. The van der Waals surface area contributed by atoms with Gasteiger partial charge in [-0.1, -0.05) is 12.1 Å². The van der Waals surface area contributed by atoms with Crippen molar-refractivity contribution in [3.8, 4) is 0 Å². The third-order valence-electron chi connectivity index (χ3n) is 3.60. The first-order valence-corrected chi connectivity index (χ1v) is 5.89. The van der Waals surface area contributed by atoms with Crippen molar-refractivity contribution in [1.82, 2.24) is 0 Å². The van der Waals surface area contributed by atoms with E-state index >= 15 is 0 Å². The van der Waals surface area contributed by atoms with Gasteiger partial charge in [0.1, 0.15) is 0 Å². The molecule has 0 aromatic heterocycles. The highest BCUT2D eigenvalue weighted by molar-refractivity contribution is 5.40. The van der Waals surface area contributed by atoms with Gasteiger partial charge >= 0.3 is 6.18 Å². The van der Waals surface area contributed by atoms with E-state index in [2.05, 4.69) is 0 Å². The molecule has 1 aromatic carbocycles. The summed E-state index contributed by atoms with van der Waals surface area (Å²) in [4.78, 5) is 0. The highest BCUT2D eigenvalue weighted by atomic mass is 19.4. The molecule has 17 heavy (non-hydrogen) atoms. The molecule has 0 atom stereocenters. The second-order valence-corrected chi connectivity index (χ2v) is 4.76. The van der Waals surface area contributed by atoms with Crippen LogP contribution in [0.5, 0.6) is 0 Å². The van der Waals surface area contributed by atoms with Crippen molar-refractivity contribution in [2.24, 2.45) is 5.92 Å². The molecule has 2 rings (SSSR count). The summed E-state index contributed by atoms with van der Waals surface area (Å²) in [6, 6.07) is 7.47. The number of alkyl halides is 3. The summed E-state index contributed by atoms with van der Waals surface area (Å²) in [6.45, 7) is 0. The molecule has 0 saturated heterocycles. The molecule has 0 aliphatic heterocycles. The van der Waals surface area contributed by atoms with Crippen molar-refractivity contribution in [2.45, 2.75) is 37.8 Å². The van der Waals surface area contributed by atoms with E-state index in [1.165, 1.54) is 0 Å². The average molecular weight is 243 g/mol. The zero-order valence-corrected chi connectivity index (χ0v) is 9.50. The first-order chi connectivity index (χ1) is 7.97. The van der Waals surface area contributed by atoms with Crippen LogP contribution in [-0.4, -0.2) is 6.18 Å². The number of nitrogen functional groups attached to an aromatic ring is 1. The highest BCUT2D eigenvalue weighted by Gasteiger charge is 2.41. The second-order valence-electron chi connectivity index (χ2n) is 4.76. The summed E-state index contributed by atoms with van der Waals surface area (Å²) in [7, 11) is 0. The van der Waals surface area contributed by atoms with Crippen molar-refractivity contribution < 1.29 is 13.2 Å². The maximum Gasteiger partial charge on any atom is 0.391 e. The number of anilines is 1. The van der Waals surface area contributed by atoms with E-state index in [0.29, 0.717) is 18.5 Å². The molecule has 1 aliphatic carbocycles. The van der Waals surface area contributed by atoms with Gasteiger partial charge in [0.25, 0.3) is 0 Å². The molecule has 94 valence electrons. The van der Waals surface area contributed by atoms with Crippen LogP contribution in [0.4, 0.5) is 18.9 Å². The number of rotatable bonds is 1. The largest absolute Gasteiger partial charge is 0.399 e. The van der Waals surface area contributed by atoms with Gasteiger partial charge < -0.3 is 5.73 Å². The number of nitrogens with two attached hydrogens (primary N) is 1. The van der Waals surface area contributed by atoms with E-state index < -0.39 is 12.1 Å². The molecule has 1 aromatic rings. The van der Waals surface area contributed by atoms with Gasteiger partial charge in [-0.2, -0.15) is 13.2 Å². The van der Waals surface area contributed by atoms with Gasteiger partial charge in [-0.25, -0.2) is 0 Å². The van der Waals surface area contributed by atoms with Gasteiger partial charge in [-0.3, -0.25) is 0 Å². The van der Waals surface area contributed by atoms with E-state index in [9.17, 15) is 13.2 Å². The van der Waals surface area contributed by atoms with Crippen LogP contribution < -0.4 is 5.73 Å². The lowest BCUT2D eigenvalue weighted by Crippen LogP contribution is -2.27. The minimum atomic E-state index is -4.02. The molecule has 1 fully saturated rings. The number of benzene rings is 1. The Bertz CT molecular complexity index is 361. The Morgan fingerprint density at radius 1 is 0.941 bits per heavy atom. The van der Waals surface area contributed by atoms with E-state index in [4.69, 9.17) is 5.73 Å². The maximum atomic E-state index is 12.5. The standard InChI is InChI=1S/C13H16F3N/c14-13(15,16)11-5-1-9(2-6-11)10-3-7-12(17)8-4-10/h3-4,7-9,11H,1-2,5-6,17H2. The fraction of sp³-hybridized carbons (Fsp3) is 0.538. The van der Waals surface area contributed by atoms with Crippen molar-refractivity contribution >= 4 is 5.69 Å². The van der Waals surface area contributed by atoms with Gasteiger partial charge in [0.15, 0.2) is 0 Å². The molecule has 0 bridgehead atoms. The molecular weight excluding hydrogens is 227 g/mol. The summed E-state index contributed by atoms with van der Waals surface area (Å²) in [6.07, 6.45) is -2.29. The predicted molar refractivity (Wildman–Crippen MR) is 61.6 cm³/mol. The molecule has 1 aliphatic rings. The van der Waals surface area contributed by atoms with E-state index in [1.54, 1.807) is 0 Å². The molecule has 0 amide bonds. The molecule has 4 heteroatoms. The summed E-state index contributed by atoms with van der Waals surface area (Å²) >= 11 is 0. The average Bonchev–Trinajstić information content (AvgIpc) is 2.29. The first kappa shape index (κ1) is 12.3. The van der Waals surface area contributed by atoms with Gasteiger partial charge in [0.2, 0.25) is 0 Å². The topological polar surface area (TPSA) is 26.0 Å². The molecule has 0 heterocycles. The summed E-state index contributed by atoms with van der Waals surface area (Å²) in [5.74, 6) is -0.846. The minimum Gasteiger partial charge on any atom is -0.399 e. The monoisotopic (exact) mass is 243 g/mol. The number of hydrogen-bond donors (Lipinski definition) is 1. The Morgan fingerprint density at radius 2 is 1.47 bits per heavy atom. The number of halogens is 3. The molecular formula is C13H16F3N. The zero-order chi connectivity index (χ0) is 12.5. The quantitative estimate of drug-likeness (QED) is 0.738. The van der Waals surface area contributed by atoms with Crippen LogP contribution >= 0.6 is 0 Å². The van der Waals surface area contributed by atoms with Crippen LogP contribution in [0.2, 0.25) is 0 Å². The third kappa shape index (κ3) is 2.93. The van der Waals surface area contributed by atoms with Gasteiger partial charge in [-0.05, 0) is 49.3 Å². The fourth-order valence-electron chi connectivity index (χ4n) is 2.52.